The van der Waals surface area contributed by atoms with Gasteiger partial charge in [-0.15, -0.1) is 0 Å². The molecule has 4 heteroatoms. The normalized spacial score (nSPS) is 15.3. The van der Waals surface area contributed by atoms with Crippen molar-refractivity contribution < 1.29 is 9.18 Å². The summed E-state index contributed by atoms with van der Waals surface area (Å²) in [5.41, 5.74) is 3.73. The van der Waals surface area contributed by atoms with E-state index in [-0.39, 0.29) is 11.7 Å². The molecule has 0 bridgehead atoms. The van der Waals surface area contributed by atoms with Crippen LogP contribution in [0, 0.1) is 5.82 Å². The number of carbonyl (C=O) groups excluding carboxylic acids is 1. The molecule has 0 saturated carbocycles. The third kappa shape index (κ3) is 3.55. The lowest BCUT2D eigenvalue weighted by molar-refractivity contribution is -0.113. The molecule has 0 atom stereocenters. The second-order valence-corrected chi connectivity index (χ2v) is 6.60. The highest BCUT2D eigenvalue weighted by molar-refractivity contribution is 6.30. The molecule has 1 aliphatic rings. The van der Waals surface area contributed by atoms with Gasteiger partial charge in [0.1, 0.15) is 5.82 Å². The van der Waals surface area contributed by atoms with Gasteiger partial charge < -0.3 is 0 Å². The fraction of sp³-hybridized carbons (Fsp3) is 0. The largest absolute Gasteiger partial charge is 0.276 e. The van der Waals surface area contributed by atoms with Gasteiger partial charge in [-0.3, -0.25) is 9.69 Å². The van der Waals surface area contributed by atoms with Crippen molar-refractivity contribution in [3.8, 4) is 0 Å². The molecule has 0 spiro atoms. The van der Waals surface area contributed by atoms with Crippen molar-refractivity contribution in [2.45, 2.75) is 0 Å². The number of carbonyl (C=O) groups is 1. The molecule has 0 saturated heterocycles. The lowest BCUT2D eigenvalue weighted by atomic mass is 10.1. The Balaban J connectivity index is 1.80. The van der Waals surface area contributed by atoms with Crippen LogP contribution in [-0.4, -0.2) is 5.91 Å². The maximum Gasteiger partial charge on any atom is 0.262 e. The van der Waals surface area contributed by atoms with Crippen LogP contribution in [0.15, 0.2) is 90.5 Å². The highest BCUT2D eigenvalue weighted by Crippen LogP contribution is 2.35. The maximum atomic E-state index is 13.3. The molecule has 1 aliphatic heterocycles. The predicted octanol–water partition coefficient (Wildman–Crippen LogP) is 5.95. The fourth-order valence-electron chi connectivity index (χ4n) is 3.02. The summed E-state index contributed by atoms with van der Waals surface area (Å²) >= 11 is 5.94. The fourth-order valence-corrected chi connectivity index (χ4v) is 3.15. The Morgan fingerprint density at radius 1 is 0.852 bits per heavy atom. The minimum atomic E-state index is -0.340. The molecule has 0 aromatic heterocycles. The van der Waals surface area contributed by atoms with Crippen LogP contribution in [0.5, 0.6) is 0 Å². The first-order valence-electron chi connectivity index (χ1n) is 8.46. The molecule has 0 fully saturated rings. The molecule has 3 aromatic carbocycles. The van der Waals surface area contributed by atoms with Gasteiger partial charge in [0.15, 0.2) is 0 Å². The van der Waals surface area contributed by atoms with E-state index in [2.05, 4.69) is 0 Å². The molecule has 132 valence electrons. The Kier molecular flexibility index (Phi) is 4.61. The second kappa shape index (κ2) is 7.22. The van der Waals surface area contributed by atoms with Gasteiger partial charge in [-0.1, -0.05) is 54.1 Å². The summed E-state index contributed by atoms with van der Waals surface area (Å²) in [6, 6.07) is 22.9. The van der Waals surface area contributed by atoms with Crippen LogP contribution in [0.4, 0.5) is 10.1 Å². The molecule has 4 rings (SSSR count). The average molecular weight is 376 g/mol. The second-order valence-electron chi connectivity index (χ2n) is 6.16. The number of rotatable bonds is 3. The smallest absolute Gasteiger partial charge is 0.262 e. The quantitative estimate of drug-likeness (QED) is 0.518. The molecule has 3 aromatic rings. The van der Waals surface area contributed by atoms with Gasteiger partial charge in [-0.25, -0.2) is 4.39 Å². The van der Waals surface area contributed by atoms with Crippen LogP contribution in [-0.2, 0) is 4.79 Å². The van der Waals surface area contributed by atoms with Gasteiger partial charge in [-0.05, 0) is 59.7 Å². The number of benzene rings is 3. The van der Waals surface area contributed by atoms with Crippen LogP contribution in [0.2, 0.25) is 5.02 Å². The summed E-state index contributed by atoms with van der Waals surface area (Å²) in [5.74, 6) is -0.497. The van der Waals surface area contributed by atoms with E-state index < -0.39 is 0 Å². The third-order valence-electron chi connectivity index (χ3n) is 4.33. The number of halogens is 2. The first-order chi connectivity index (χ1) is 13.1. The van der Waals surface area contributed by atoms with E-state index in [1.54, 1.807) is 29.2 Å². The summed E-state index contributed by atoms with van der Waals surface area (Å²) in [4.78, 5) is 14.7. The van der Waals surface area contributed by atoms with Crippen LogP contribution >= 0.6 is 11.6 Å². The van der Waals surface area contributed by atoms with E-state index in [4.69, 9.17) is 11.6 Å². The van der Waals surface area contributed by atoms with Crippen molar-refractivity contribution in [2.24, 2.45) is 0 Å². The molecule has 27 heavy (non-hydrogen) atoms. The predicted molar refractivity (Wildman–Crippen MR) is 108 cm³/mol. The number of anilines is 1. The molecular weight excluding hydrogens is 361 g/mol. The average Bonchev–Trinajstić information content (AvgIpc) is 3.01. The van der Waals surface area contributed by atoms with E-state index in [0.717, 1.165) is 16.8 Å². The maximum absolute atomic E-state index is 13.3. The van der Waals surface area contributed by atoms with Gasteiger partial charge in [-0.2, -0.15) is 0 Å². The summed E-state index contributed by atoms with van der Waals surface area (Å²) in [7, 11) is 0. The Labute approximate surface area is 161 Å². The number of hydrogen-bond acceptors (Lipinski definition) is 1. The van der Waals surface area contributed by atoms with Crippen LogP contribution in [0.3, 0.4) is 0 Å². The summed E-state index contributed by atoms with van der Waals surface area (Å²) < 4.78 is 13.3. The van der Waals surface area contributed by atoms with Gasteiger partial charge in [0, 0.05) is 16.3 Å². The Morgan fingerprint density at radius 2 is 1.52 bits per heavy atom. The monoisotopic (exact) mass is 375 g/mol. The first kappa shape index (κ1) is 17.3. The van der Waals surface area contributed by atoms with Crippen molar-refractivity contribution >= 4 is 35.0 Å². The standard InChI is InChI=1S/C23H15ClFNO/c24-19-8-6-16(7-9-19)14-18-15-22(17-4-2-1-3-5-17)26(23(18)27)21-12-10-20(25)11-13-21/h1-15H/b18-14+. The van der Waals surface area contributed by atoms with E-state index in [1.165, 1.54) is 12.1 Å². The van der Waals surface area contributed by atoms with Gasteiger partial charge in [0.05, 0.1) is 5.70 Å². The van der Waals surface area contributed by atoms with Crippen molar-refractivity contribution in [1.82, 2.24) is 0 Å². The number of nitrogens with zero attached hydrogens (tertiary/aromatic N) is 1. The van der Waals surface area contributed by atoms with Gasteiger partial charge >= 0.3 is 0 Å². The van der Waals surface area contributed by atoms with Gasteiger partial charge in [0.25, 0.3) is 5.91 Å². The molecule has 1 amide bonds. The zero-order valence-corrected chi connectivity index (χ0v) is 15.0. The minimum absolute atomic E-state index is 0.157. The highest BCUT2D eigenvalue weighted by Gasteiger charge is 2.30. The molecular formula is C23H15ClFNO. The number of hydrogen-bond donors (Lipinski definition) is 0. The van der Waals surface area contributed by atoms with Crippen molar-refractivity contribution in [1.29, 1.82) is 0 Å². The van der Waals surface area contributed by atoms with Crippen LogP contribution < -0.4 is 4.90 Å². The van der Waals surface area contributed by atoms with E-state index in [1.807, 2.05) is 54.6 Å². The van der Waals surface area contributed by atoms with E-state index in [9.17, 15) is 9.18 Å². The Hall–Kier alpha value is -3.17. The SMILES string of the molecule is O=C1/C(=C/c2ccc(Cl)cc2)C=C(c2ccccc2)N1c1ccc(F)cc1. The molecule has 0 aliphatic carbocycles. The van der Waals surface area contributed by atoms with Crippen molar-refractivity contribution in [2.75, 3.05) is 4.90 Å². The zero-order chi connectivity index (χ0) is 18.8. The van der Waals surface area contributed by atoms with E-state index >= 15 is 0 Å². The first-order valence-corrected chi connectivity index (χ1v) is 8.84. The van der Waals surface area contributed by atoms with Crippen LogP contribution in [0.25, 0.3) is 11.8 Å². The summed E-state index contributed by atoms with van der Waals surface area (Å²) in [6.45, 7) is 0. The summed E-state index contributed by atoms with van der Waals surface area (Å²) in [6.07, 6.45) is 3.68. The molecule has 0 unspecified atom stereocenters. The third-order valence-corrected chi connectivity index (χ3v) is 4.58. The molecule has 2 nitrogen and oxygen atoms in total. The van der Waals surface area contributed by atoms with E-state index in [0.29, 0.717) is 16.3 Å². The Bertz CT molecular complexity index is 1040. The highest BCUT2D eigenvalue weighted by atomic mass is 35.5. The van der Waals surface area contributed by atoms with Crippen molar-refractivity contribution in [3.63, 3.8) is 0 Å². The summed E-state index contributed by atoms with van der Waals surface area (Å²) in [5, 5.41) is 0.642. The van der Waals surface area contributed by atoms with Crippen molar-refractivity contribution in [3.05, 3.63) is 112 Å². The zero-order valence-electron chi connectivity index (χ0n) is 14.3. The lowest BCUT2D eigenvalue weighted by Gasteiger charge is -2.20. The Morgan fingerprint density at radius 3 is 2.19 bits per heavy atom. The minimum Gasteiger partial charge on any atom is -0.276 e. The van der Waals surface area contributed by atoms with Crippen LogP contribution in [0.1, 0.15) is 11.1 Å². The lowest BCUT2D eigenvalue weighted by Crippen LogP contribution is -2.24. The topological polar surface area (TPSA) is 20.3 Å². The number of amides is 1. The van der Waals surface area contributed by atoms with Gasteiger partial charge in [0.2, 0.25) is 0 Å². The molecule has 1 heterocycles. The molecule has 0 N–H and O–H groups in total. The molecule has 0 radical (unpaired) electrons.